The predicted octanol–water partition coefficient (Wildman–Crippen LogP) is 4.15. The molecule has 1 aliphatic rings. The summed E-state index contributed by atoms with van der Waals surface area (Å²) in [7, 11) is 0. The molecule has 3 rings (SSSR count). The zero-order valence-electron chi connectivity index (χ0n) is 11.1. The van der Waals surface area contributed by atoms with Gasteiger partial charge in [-0.15, -0.1) is 0 Å². The Kier molecular flexibility index (Phi) is 3.75. The predicted molar refractivity (Wildman–Crippen MR) is 81.0 cm³/mol. The second-order valence-corrected chi connectivity index (χ2v) is 5.56. The normalized spacial score (nSPS) is 17.4. The van der Waals surface area contributed by atoms with Gasteiger partial charge >= 0.3 is 0 Å². The van der Waals surface area contributed by atoms with Crippen molar-refractivity contribution in [1.29, 1.82) is 0 Å². The molecule has 1 amide bonds. The lowest BCUT2D eigenvalue weighted by Gasteiger charge is -2.26. The third-order valence-corrected chi connectivity index (χ3v) is 4.00. The summed E-state index contributed by atoms with van der Waals surface area (Å²) in [5.41, 5.74) is 3.20. The zero-order chi connectivity index (χ0) is 13.9. The van der Waals surface area contributed by atoms with E-state index in [0.717, 1.165) is 19.3 Å². The Morgan fingerprint density at radius 1 is 1.15 bits per heavy atom. The summed E-state index contributed by atoms with van der Waals surface area (Å²) in [4.78, 5) is 12.3. The summed E-state index contributed by atoms with van der Waals surface area (Å²) in [5.74, 6) is -0.0609. The molecule has 0 unspecified atom stereocenters. The van der Waals surface area contributed by atoms with Gasteiger partial charge in [-0.05, 0) is 48.6 Å². The minimum atomic E-state index is -0.0609. The molecular weight excluding hydrogens is 270 g/mol. The molecule has 1 aliphatic carbocycles. The van der Waals surface area contributed by atoms with E-state index in [4.69, 9.17) is 11.6 Å². The van der Waals surface area contributed by atoms with Crippen LogP contribution in [0.25, 0.3) is 0 Å². The standard InChI is InChI=1S/C17H16ClNO/c18-14-8-3-7-13(11-14)17(20)19-16-10-4-6-12-5-1-2-9-15(12)16/h1-3,5,7-9,11,16H,4,6,10H2,(H,19,20)/t16-/m0/s1. The first kappa shape index (κ1) is 13.2. The van der Waals surface area contributed by atoms with Gasteiger partial charge in [-0.1, -0.05) is 41.9 Å². The highest BCUT2D eigenvalue weighted by Crippen LogP contribution is 2.29. The van der Waals surface area contributed by atoms with E-state index in [1.807, 2.05) is 6.07 Å². The number of fused-ring (bicyclic) bond motifs is 1. The second-order valence-electron chi connectivity index (χ2n) is 5.13. The van der Waals surface area contributed by atoms with Crippen LogP contribution in [0.15, 0.2) is 48.5 Å². The number of rotatable bonds is 2. The molecule has 3 heteroatoms. The van der Waals surface area contributed by atoms with Gasteiger partial charge in [0.25, 0.3) is 5.91 Å². The molecule has 2 aromatic carbocycles. The molecule has 2 nitrogen and oxygen atoms in total. The smallest absolute Gasteiger partial charge is 0.251 e. The lowest BCUT2D eigenvalue weighted by molar-refractivity contribution is 0.0933. The molecule has 0 fully saturated rings. The first-order chi connectivity index (χ1) is 9.74. The Balaban J connectivity index is 1.81. The molecule has 0 radical (unpaired) electrons. The van der Waals surface area contributed by atoms with E-state index in [1.165, 1.54) is 11.1 Å². The molecule has 0 spiro atoms. The van der Waals surface area contributed by atoms with E-state index >= 15 is 0 Å². The third kappa shape index (κ3) is 2.70. The number of amides is 1. The Labute approximate surface area is 123 Å². The van der Waals surface area contributed by atoms with Gasteiger partial charge in [0, 0.05) is 10.6 Å². The molecule has 102 valence electrons. The molecule has 20 heavy (non-hydrogen) atoms. The number of hydrogen-bond donors (Lipinski definition) is 1. The van der Waals surface area contributed by atoms with E-state index in [9.17, 15) is 4.79 Å². The highest BCUT2D eigenvalue weighted by molar-refractivity contribution is 6.30. The summed E-state index contributed by atoms with van der Waals surface area (Å²) in [5, 5.41) is 3.71. The van der Waals surface area contributed by atoms with Gasteiger partial charge in [-0.2, -0.15) is 0 Å². The van der Waals surface area contributed by atoms with E-state index in [1.54, 1.807) is 24.3 Å². The van der Waals surface area contributed by atoms with Gasteiger partial charge in [0.15, 0.2) is 0 Å². The van der Waals surface area contributed by atoms with Gasteiger partial charge in [0.05, 0.1) is 6.04 Å². The largest absolute Gasteiger partial charge is 0.345 e. The van der Waals surface area contributed by atoms with Gasteiger partial charge < -0.3 is 5.32 Å². The monoisotopic (exact) mass is 285 g/mol. The SMILES string of the molecule is O=C(N[C@H]1CCCc2ccccc21)c1cccc(Cl)c1. The van der Waals surface area contributed by atoms with Crippen LogP contribution in [0.4, 0.5) is 0 Å². The fourth-order valence-electron chi connectivity index (χ4n) is 2.78. The molecule has 0 bridgehead atoms. The summed E-state index contributed by atoms with van der Waals surface area (Å²) >= 11 is 5.93. The van der Waals surface area contributed by atoms with E-state index in [-0.39, 0.29) is 11.9 Å². The van der Waals surface area contributed by atoms with Crippen molar-refractivity contribution in [2.45, 2.75) is 25.3 Å². The van der Waals surface area contributed by atoms with Crippen molar-refractivity contribution in [2.75, 3.05) is 0 Å². The number of aryl methyl sites for hydroxylation is 1. The van der Waals surface area contributed by atoms with Gasteiger partial charge in [-0.3, -0.25) is 4.79 Å². The van der Waals surface area contributed by atoms with Crippen molar-refractivity contribution in [3.8, 4) is 0 Å². The molecule has 1 atom stereocenters. The van der Waals surface area contributed by atoms with Crippen LogP contribution in [0.3, 0.4) is 0 Å². The number of carbonyl (C=O) groups excluding carboxylic acids is 1. The highest BCUT2D eigenvalue weighted by Gasteiger charge is 2.21. The topological polar surface area (TPSA) is 29.1 Å². The summed E-state index contributed by atoms with van der Waals surface area (Å²) in [6, 6.07) is 15.5. The molecule has 1 N–H and O–H groups in total. The summed E-state index contributed by atoms with van der Waals surface area (Å²) < 4.78 is 0. The number of halogens is 1. The van der Waals surface area contributed by atoms with E-state index in [0.29, 0.717) is 10.6 Å². The molecule has 0 saturated carbocycles. The first-order valence-electron chi connectivity index (χ1n) is 6.88. The van der Waals surface area contributed by atoms with E-state index in [2.05, 4.69) is 23.5 Å². The quantitative estimate of drug-likeness (QED) is 0.882. The lowest BCUT2D eigenvalue weighted by atomic mass is 9.87. The summed E-state index contributed by atoms with van der Waals surface area (Å²) in [6.07, 6.45) is 3.19. The van der Waals surface area contributed by atoms with Crippen LogP contribution < -0.4 is 5.32 Å². The molecule has 0 aromatic heterocycles. The second kappa shape index (κ2) is 5.68. The van der Waals surface area contributed by atoms with Crippen molar-refractivity contribution < 1.29 is 4.79 Å². The van der Waals surface area contributed by atoms with Crippen molar-refractivity contribution in [3.63, 3.8) is 0 Å². The van der Waals surface area contributed by atoms with E-state index < -0.39 is 0 Å². The number of hydrogen-bond acceptors (Lipinski definition) is 1. The molecule has 0 aliphatic heterocycles. The van der Waals surface area contributed by atoms with Crippen molar-refractivity contribution in [1.82, 2.24) is 5.32 Å². The fourth-order valence-corrected chi connectivity index (χ4v) is 2.97. The molecule has 2 aromatic rings. The number of nitrogens with one attached hydrogen (secondary N) is 1. The number of carbonyl (C=O) groups is 1. The van der Waals surface area contributed by atoms with Crippen LogP contribution in [0.5, 0.6) is 0 Å². The third-order valence-electron chi connectivity index (χ3n) is 3.76. The average Bonchev–Trinajstić information content (AvgIpc) is 2.47. The first-order valence-corrected chi connectivity index (χ1v) is 7.26. The van der Waals surface area contributed by atoms with Crippen molar-refractivity contribution >= 4 is 17.5 Å². The van der Waals surface area contributed by atoms with Gasteiger partial charge in [0.2, 0.25) is 0 Å². The molecule has 0 saturated heterocycles. The Morgan fingerprint density at radius 3 is 2.85 bits per heavy atom. The molecular formula is C17H16ClNO. The maximum Gasteiger partial charge on any atom is 0.251 e. The van der Waals surface area contributed by atoms with Gasteiger partial charge in [-0.25, -0.2) is 0 Å². The van der Waals surface area contributed by atoms with Crippen LogP contribution in [0.1, 0.15) is 40.4 Å². The Hall–Kier alpha value is -1.80. The summed E-state index contributed by atoms with van der Waals surface area (Å²) in [6.45, 7) is 0. The molecule has 0 heterocycles. The van der Waals surface area contributed by atoms with Crippen LogP contribution in [-0.4, -0.2) is 5.91 Å². The number of benzene rings is 2. The van der Waals surface area contributed by atoms with Crippen LogP contribution >= 0.6 is 11.6 Å². The van der Waals surface area contributed by atoms with Gasteiger partial charge in [0.1, 0.15) is 0 Å². The highest BCUT2D eigenvalue weighted by atomic mass is 35.5. The van der Waals surface area contributed by atoms with Crippen LogP contribution in [-0.2, 0) is 6.42 Å². The average molecular weight is 286 g/mol. The fraction of sp³-hybridized carbons (Fsp3) is 0.235. The maximum absolute atomic E-state index is 12.3. The van der Waals surface area contributed by atoms with Crippen molar-refractivity contribution in [3.05, 3.63) is 70.2 Å². The zero-order valence-corrected chi connectivity index (χ0v) is 11.9. The minimum Gasteiger partial charge on any atom is -0.345 e. The van der Waals surface area contributed by atoms with Crippen molar-refractivity contribution in [2.24, 2.45) is 0 Å². The maximum atomic E-state index is 12.3. The van der Waals surface area contributed by atoms with Crippen LogP contribution in [0, 0.1) is 0 Å². The Morgan fingerprint density at radius 2 is 2.00 bits per heavy atom. The Bertz CT molecular complexity index is 638. The lowest BCUT2D eigenvalue weighted by Crippen LogP contribution is -2.30. The van der Waals surface area contributed by atoms with Crippen LogP contribution in [0.2, 0.25) is 5.02 Å². The minimum absolute atomic E-state index is 0.0609.